The number of carboxylic acid groups (broad SMARTS) is 1. The average molecular weight is 222 g/mol. The molecule has 0 saturated heterocycles. The Labute approximate surface area is 91.0 Å². The highest BCUT2D eigenvalue weighted by Gasteiger charge is 2.03. The van der Waals surface area contributed by atoms with Crippen LogP contribution in [0.3, 0.4) is 0 Å². The van der Waals surface area contributed by atoms with Gasteiger partial charge >= 0.3 is 6.03 Å². The molecule has 0 aromatic carbocycles. The molecule has 0 bridgehead atoms. The number of hydrogen-bond donors (Lipinski definition) is 1. The second-order valence-electron chi connectivity index (χ2n) is 2.74. The molecular formula is C9H10N4O3. The van der Waals surface area contributed by atoms with Gasteiger partial charge in [-0.1, -0.05) is 0 Å². The molecule has 16 heavy (non-hydrogen) atoms. The summed E-state index contributed by atoms with van der Waals surface area (Å²) in [4.78, 5) is 27.9. The van der Waals surface area contributed by atoms with Crippen molar-refractivity contribution in [1.29, 1.82) is 0 Å². The van der Waals surface area contributed by atoms with E-state index in [4.69, 9.17) is 9.90 Å². The van der Waals surface area contributed by atoms with E-state index in [9.17, 15) is 4.79 Å². The third kappa shape index (κ3) is 3.37. The molecule has 1 N–H and O–H groups in total. The van der Waals surface area contributed by atoms with Crippen molar-refractivity contribution in [2.75, 3.05) is 0 Å². The Morgan fingerprint density at radius 1 is 1.06 bits per heavy atom. The molecule has 0 aliphatic rings. The van der Waals surface area contributed by atoms with E-state index in [1.165, 1.54) is 21.8 Å². The molecule has 0 saturated carbocycles. The minimum atomic E-state index is -0.833. The van der Waals surface area contributed by atoms with E-state index >= 15 is 0 Å². The highest BCUT2D eigenvalue weighted by atomic mass is 16.4. The van der Waals surface area contributed by atoms with Crippen molar-refractivity contribution in [2.45, 2.75) is 6.92 Å². The summed E-state index contributed by atoms with van der Waals surface area (Å²) < 4.78 is 2.75. The highest BCUT2D eigenvalue weighted by molar-refractivity contribution is 5.78. The van der Waals surface area contributed by atoms with Gasteiger partial charge in [-0.15, -0.1) is 0 Å². The van der Waals surface area contributed by atoms with Crippen LogP contribution in [0, 0.1) is 0 Å². The lowest BCUT2D eigenvalue weighted by Crippen LogP contribution is -2.15. The maximum atomic E-state index is 11.4. The zero-order valence-corrected chi connectivity index (χ0v) is 8.52. The Bertz CT molecular complexity index is 407. The highest BCUT2D eigenvalue weighted by Crippen LogP contribution is 1.91. The summed E-state index contributed by atoms with van der Waals surface area (Å²) >= 11 is 0. The van der Waals surface area contributed by atoms with Crippen molar-refractivity contribution in [2.24, 2.45) is 0 Å². The van der Waals surface area contributed by atoms with Crippen LogP contribution in [0.4, 0.5) is 4.79 Å². The van der Waals surface area contributed by atoms with Crippen LogP contribution < -0.4 is 0 Å². The van der Waals surface area contributed by atoms with E-state index in [0.717, 1.165) is 6.92 Å². The molecule has 7 nitrogen and oxygen atoms in total. The van der Waals surface area contributed by atoms with Crippen LogP contribution >= 0.6 is 0 Å². The lowest BCUT2D eigenvalue weighted by Gasteiger charge is -1.98. The number of carboxylic acids is 1. The first-order valence-electron chi connectivity index (χ1n) is 4.31. The molecule has 0 aliphatic heterocycles. The van der Waals surface area contributed by atoms with E-state index in [0.29, 0.717) is 0 Å². The molecule has 84 valence electrons. The first-order chi connectivity index (χ1) is 7.61. The molecule has 2 rings (SSSR count). The standard InChI is InChI=1S/C7H6N4O.C2H4O2/c12-7(10-3-1-8-5-10)11-4-2-9-6-11;1-2(3)4/h1-6H;1H3,(H,3,4). The van der Waals surface area contributed by atoms with E-state index in [2.05, 4.69) is 9.97 Å². The topological polar surface area (TPSA) is 90.0 Å². The number of nitrogens with zero attached hydrogens (tertiary/aromatic N) is 4. The predicted octanol–water partition coefficient (Wildman–Crippen LogP) is 0.687. The fourth-order valence-corrected chi connectivity index (χ4v) is 0.878. The third-order valence-electron chi connectivity index (χ3n) is 1.45. The summed E-state index contributed by atoms with van der Waals surface area (Å²) in [6, 6.07) is -0.190. The number of rotatable bonds is 0. The fraction of sp³-hybridized carbons (Fsp3) is 0.111. The van der Waals surface area contributed by atoms with Crippen LogP contribution in [0.5, 0.6) is 0 Å². The van der Waals surface area contributed by atoms with Gasteiger partial charge in [0.1, 0.15) is 12.7 Å². The zero-order valence-electron chi connectivity index (χ0n) is 8.52. The molecular weight excluding hydrogens is 212 g/mol. The Kier molecular flexibility index (Phi) is 3.96. The maximum absolute atomic E-state index is 11.4. The largest absolute Gasteiger partial charge is 0.481 e. The van der Waals surface area contributed by atoms with Crippen LogP contribution in [0.15, 0.2) is 37.4 Å². The molecule has 0 aliphatic carbocycles. The first-order valence-corrected chi connectivity index (χ1v) is 4.31. The van der Waals surface area contributed by atoms with Gasteiger partial charge in [0, 0.05) is 31.7 Å². The minimum Gasteiger partial charge on any atom is -0.481 e. The molecule has 0 amide bonds. The minimum absolute atomic E-state index is 0.190. The van der Waals surface area contributed by atoms with Crippen molar-refractivity contribution in [3.8, 4) is 0 Å². The number of imidazole rings is 2. The fourth-order valence-electron chi connectivity index (χ4n) is 0.878. The van der Waals surface area contributed by atoms with E-state index in [1.807, 2.05) is 0 Å². The molecule has 2 aromatic rings. The van der Waals surface area contributed by atoms with Crippen LogP contribution in [0.2, 0.25) is 0 Å². The Morgan fingerprint density at radius 2 is 1.44 bits per heavy atom. The molecule has 0 fully saturated rings. The van der Waals surface area contributed by atoms with Crippen molar-refractivity contribution in [1.82, 2.24) is 19.1 Å². The van der Waals surface area contributed by atoms with Gasteiger partial charge in [0.15, 0.2) is 0 Å². The average Bonchev–Trinajstić information content (AvgIpc) is 2.90. The van der Waals surface area contributed by atoms with Gasteiger partial charge in [0.25, 0.3) is 5.97 Å². The molecule has 0 atom stereocenters. The number of aliphatic carboxylic acids is 1. The van der Waals surface area contributed by atoms with Crippen molar-refractivity contribution in [3.05, 3.63) is 37.4 Å². The monoisotopic (exact) mass is 222 g/mol. The van der Waals surface area contributed by atoms with Crippen LogP contribution in [0.1, 0.15) is 6.92 Å². The summed E-state index contributed by atoms with van der Waals surface area (Å²) in [5.41, 5.74) is 0. The summed E-state index contributed by atoms with van der Waals surface area (Å²) in [5, 5.41) is 7.42. The Balaban J connectivity index is 0.000000280. The zero-order chi connectivity index (χ0) is 12.0. The van der Waals surface area contributed by atoms with Gasteiger partial charge in [0.05, 0.1) is 0 Å². The Hall–Kier alpha value is -2.44. The summed E-state index contributed by atoms with van der Waals surface area (Å²) in [7, 11) is 0. The van der Waals surface area contributed by atoms with Gasteiger partial charge in [0.2, 0.25) is 0 Å². The number of carbonyl (C=O) groups excluding carboxylic acids is 1. The predicted molar refractivity (Wildman–Crippen MR) is 54.0 cm³/mol. The van der Waals surface area contributed by atoms with E-state index < -0.39 is 5.97 Å². The summed E-state index contributed by atoms with van der Waals surface area (Å²) in [6.45, 7) is 1.08. The van der Waals surface area contributed by atoms with Gasteiger partial charge < -0.3 is 5.11 Å². The van der Waals surface area contributed by atoms with Crippen LogP contribution in [0.25, 0.3) is 0 Å². The smallest absolute Gasteiger partial charge is 0.338 e. The molecule has 0 radical (unpaired) electrons. The van der Waals surface area contributed by atoms with Gasteiger partial charge in [-0.3, -0.25) is 13.9 Å². The third-order valence-corrected chi connectivity index (χ3v) is 1.45. The van der Waals surface area contributed by atoms with Crippen molar-refractivity contribution < 1.29 is 14.7 Å². The molecule has 0 unspecified atom stereocenters. The normalized spacial score (nSPS) is 9.06. The molecule has 2 heterocycles. The first kappa shape index (κ1) is 11.6. The maximum Gasteiger partial charge on any atom is 0.338 e. The summed E-state index contributed by atoms with van der Waals surface area (Å²) in [5.74, 6) is -0.833. The van der Waals surface area contributed by atoms with Crippen LogP contribution in [-0.4, -0.2) is 36.2 Å². The molecule has 7 heteroatoms. The van der Waals surface area contributed by atoms with E-state index in [-0.39, 0.29) is 6.03 Å². The van der Waals surface area contributed by atoms with Gasteiger partial charge in [-0.25, -0.2) is 14.8 Å². The van der Waals surface area contributed by atoms with Crippen LogP contribution in [-0.2, 0) is 4.79 Å². The van der Waals surface area contributed by atoms with Crippen molar-refractivity contribution in [3.63, 3.8) is 0 Å². The Morgan fingerprint density at radius 3 is 1.69 bits per heavy atom. The second kappa shape index (κ2) is 5.44. The SMILES string of the molecule is CC(=O)O.O=C(n1ccnc1)n1ccnc1. The second-order valence-corrected chi connectivity index (χ2v) is 2.74. The number of carbonyl (C=O) groups is 2. The summed E-state index contributed by atoms with van der Waals surface area (Å²) in [6.07, 6.45) is 9.17. The molecule has 0 spiro atoms. The number of aromatic nitrogens is 4. The van der Waals surface area contributed by atoms with Crippen molar-refractivity contribution >= 4 is 12.0 Å². The lowest BCUT2D eigenvalue weighted by molar-refractivity contribution is -0.134. The van der Waals surface area contributed by atoms with Gasteiger partial charge in [-0.05, 0) is 0 Å². The molecule has 2 aromatic heterocycles. The lowest BCUT2D eigenvalue weighted by atomic mass is 10.8. The van der Waals surface area contributed by atoms with E-state index in [1.54, 1.807) is 24.8 Å². The van der Waals surface area contributed by atoms with Gasteiger partial charge in [-0.2, -0.15) is 0 Å². The number of hydrogen-bond acceptors (Lipinski definition) is 4. The quantitative estimate of drug-likeness (QED) is 0.708.